The average Bonchev–Trinajstić information content (AvgIpc) is 3.30. The second kappa shape index (κ2) is 6.15. The topological polar surface area (TPSA) is 64.1 Å². The summed E-state index contributed by atoms with van der Waals surface area (Å²) < 4.78 is 3.61. The summed E-state index contributed by atoms with van der Waals surface area (Å²) in [5.74, 6) is 2.19. The second-order valence-electron chi connectivity index (χ2n) is 6.39. The molecule has 3 aromatic heterocycles. The number of hydrogen-bond acceptors (Lipinski definition) is 5. The van der Waals surface area contributed by atoms with E-state index in [9.17, 15) is 0 Å². The van der Waals surface area contributed by atoms with Crippen molar-refractivity contribution in [1.82, 2.24) is 29.4 Å². The Hall–Kier alpha value is -2.41. The highest BCUT2D eigenvalue weighted by Crippen LogP contribution is 2.21. The molecule has 1 aliphatic heterocycles. The third-order valence-electron chi connectivity index (χ3n) is 4.51. The van der Waals surface area contributed by atoms with E-state index in [-0.39, 0.29) is 0 Å². The van der Waals surface area contributed by atoms with Crippen LogP contribution in [0.3, 0.4) is 0 Å². The first-order valence-corrected chi connectivity index (χ1v) is 8.77. The first-order chi connectivity index (χ1) is 12.0. The van der Waals surface area contributed by atoms with Crippen molar-refractivity contribution < 1.29 is 0 Å². The monoisotopic (exact) mass is 357 g/mol. The molecule has 7 nitrogen and oxygen atoms in total. The van der Waals surface area contributed by atoms with Crippen LogP contribution in [0.25, 0.3) is 17.8 Å². The van der Waals surface area contributed by atoms with Gasteiger partial charge in [0.05, 0.1) is 10.7 Å². The molecule has 0 saturated carbocycles. The number of halogens is 1. The van der Waals surface area contributed by atoms with Crippen LogP contribution in [-0.4, -0.2) is 42.5 Å². The van der Waals surface area contributed by atoms with Gasteiger partial charge in [0.1, 0.15) is 0 Å². The Morgan fingerprint density at radius 3 is 2.44 bits per heavy atom. The standard InChI is InChI=1S/C17H20ClN7/c1-11-10-13(18)12(2)25-16(11)19-14(22-25)6-7-15-20-17(23(3)21-15)24-8-4-5-9-24/h6-7,10H,4-5,8-9H2,1-3H3. The predicted molar refractivity (Wildman–Crippen MR) is 98.8 cm³/mol. The molecule has 130 valence electrons. The molecule has 0 aliphatic carbocycles. The van der Waals surface area contributed by atoms with E-state index in [1.165, 1.54) is 12.8 Å². The van der Waals surface area contributed by atoms with Gasteiger partial charge in [0.15, 0.2) is 17.3 Å². The Bertz CT molecular complexity index is 963. The van der Waals surface area contributed by atoms with Crippen molar-refractivity contribution >= 4 is 35.3 Å². The van der Waals surface area contributed by atoms with Gasteiger partial charge in [-0.3, -0.25) is 0 Å². The van der Waals surface area contributed by atoms with Gasteiger partial charge in [0.25, 0.3) is 0 Å². The molecule has 1 fully saturated rings. The van der Waals surface area contributed by atoms with E-state index in [4.69, 9.17) is 11.6 Å². The van der Waals surface area contributed by atoms with E-state index in [1.54, 1.807) is 4.52 Å². The van der Waals surface area contributed by atoms with E-state index in [0.29, 0.717) is 16.7 Å². The van der Waals surface area contributed by atoms with Crippen molar-refractivity contribution in [3.05, 3.63) is 34.0 Å². The number of nitrogens with zero attached hydrogens (tertiary/aromatic N) is 7. The molecule has 0 amide bonds. The summed E-state index contributed by atoms with van der Waals surface area (Å²) in [5, 5.41) is 9.67. The lowest BCUT2D eigenvalue weighted by Gasteiger charge is -2.14. The maximum Gasteiger partial charge on any atom is 0.224 e. The summed E-state index contributed by atoms with van der Waals surface area (Å²) in [4.78, 5) is 11.5. The van der Waals surface area contributed by atoms with Gasteiger partial charge in [-0.2, -0.15) is 10.1 Å². The number of rotatable bonds is 3. The summed E-state index contributed by atoms with van der Waals surface area (Å²) in [6.07, 6.45) is 6.11. The molecule has 0 bridgehead atoms. The minimum atomic E-state index is 0.614. The van der Waals surface area contributed by atoms with Crippen molar-refractivity contribution in [2.45, 2.75) is 26.7 Å². The van der Waals surface area contributed by atoms with Gasteiger partial charge in [-0.1, -0.05) is 11.6 Å². The smallest absolute Gasteiger partial charge is 0.224 e. The predicted octanol–water partition coefficient (Wildman–Crippen LogP) is 2.90. The van der Waals surface area contributed by atoms with E-state index in [0.717, 1.165) is 35.9 Å². The van der Waals surface area contributed by atoms with Crippen LogP contribution in [-0.2, 0) is 7.05 Å². The zero-order chi connectivity index (χ0) is 17.6. The molecule has 1 saturated heterocycles. The number of hydrogen-bond donors (Lipinski definition) is 0. The van der Waals surface area contributed by atoms with Crippen molar-refractivity contribution in [3.63, 3.8) is 0 Å². The zero-order valence-corrected chi connectivity index (χ0v) is 15.3. The largest absolute Gasteiger partial charge is 0.341 e. The molecule has 0 aromatic carbocycles. The number of pyridine rings is 1. The SMILES string of the molecule is Cc1cc(Cl)c(C)n2nc(C=Cc3nc(N4CCCC4)n(C)n3)nc12. The van der Waals surface area contributed by atoms with Gasteiger partial charge in [-0.15, -0.1) is 5.10 Å². The molecule has 0 atom stereocenters. The highest BCUT2D eigenvalue weighted by molar-refractivity contribution is 6.31. The van der Waals surface area contributed by atoms with Gasteiger partial charge in [-0.25, -0.2) is 14.2 Å². The van der Waals surface area contributed by atoms with Crippen LogP contribution in [0.5, 0.6) is 0 Å². The number of aryl methyl sites for hydroxylation is 3. The van der Waals surface area contributed by atoms with Gasteiger partial charge in [-0.05, 0) is 50.5 Å². The normalized spacial score (nSPS) is 15.1. The molecular weight excluding hydrogens is 338 g/mol. The average molecular weight is 358 g/mol. The van der Waals surface area contributed by atoms with Crippen molar-refractivity contribution in [3.8, 4) is 0 Å². The third-order valence-corrected chi connectivity index (χ3v) is 4.89. The number of aromatic nitrogens is 6. The van der Waals surface area contributed by atoms with Gasteiger partial charge >= 0.3 is 0 Å². The molecule has 4 heterocycles. The lowest BCUT2D eigenvalue weighted by molar-refractivity contribution is 0.733. The maximum atomic E-state index is 6.22. The quantitative estimate of drug-likeness (QED) is 0.721. The van der Waals surface area contributed by atoms with Crippen LogP contribution < -0.4 is 4.90 Å². The first kappa shape index (κ1) is 16.1. The van der Waals surface area contributed by atoms with Crippen LogP contribution in [0.2, 0.25) is 5.02 Å². The Labute approximate surface area is 150 Å². The molecule has 3 aromatic rings. The highest BCUT2D eigenvalue weighted by Gasteiger charge is 2.18. The van der Waals surface area contributed by atoms with Crippen molar-refractivity contribution in [1.29, 1.82) is 0 Å². The van der Waals surface area contributed by atoms with Crippen molar-refractivity contribution in [2.75, 3.05) is 18.0 Å². The molecule has 0 radical (unpaired) electrons. The lowest BCUT2D eigenvalue weighted by Crippen LogP contribution is -2.21. The summed E-state index contributed by atoms with van der Waals surface area (Å²) in [6, 6.07) is 1.91. The van der Waals surface area contributed by atoms with Crippen molar-refractivity contribution in [2.24, 2.45) is 7.05 Å². The first-order valence-electron chi connectivity index (χ1n) is 8.39. The Balaban J connectivity index is 1.64. The van der Waals surface area contributed by atoms with Gasteiger partial charge in [0.2, 0.25) is 5.95 Å². The maximum absolute atomic E-state index is 6.22. The molecule has 1 aliphatic rings. The van der Waals surface area contributed by atoms with Crippen LogP contribution in [0.15, 0.2) is 6.07 Å². The molecule has 25 heavy (non-hydrogen) atoms. The van der Waals surface area contributed by atoms with Crippen LogP contribution in [0.1, 0.15) is 35.7 Å². The third kappa shape index (κ3) is 2.89. The second-order valence-corrected chi connectivity index (χ2v) is 6.79. The molecule has 0 unspecified atom stereocenters. The zero-order valence-electron chi connectivity index (χ0n) is 14.6. The summed E-state index contributed by atoms with van der Waals surface area (Å²) in [5.41, 5.74) is 2.69. The van der Waals surface area contributed by atoms with Gasteiger partial charge in [0, 0.05) is 20.1 Å². The summed E-state index contributed by atoms with van der Waals surface area (Å²) >= 11 is 6.22. The Kier molecular flexibility index (Phi) is 3.95. The fourth-order valence-electron chi connectivity index (χ4n) is 3.16. The van der Waals surface area contributed by atoms with E-state index < -0.39 is 0 Å². The fourth-order valence-corrected chi connectivity index (χ4v) is 3.40. The molecule has 4 rings (SSSR count). The van der Waals surface area contributed by atoms with Crippen LogP contribution in [0, 0.1) is 13.8 Å². The summed E-state index contributed by atoms with van der Waals surface area (Å²) in [7, 11) is 1.93. The van der Waals surface area contributed by atoms with Crippen LogP contribution >= 0.6 is 11.6 Å². The summed E-state index contributed by atoms with van der Waals surface area (Å²) in [6.45, 7) is 6.00. The van der Waals surface area contributed by atoms with Gasteiger partial charge < -0.3 is 4.90 Å². The molecule has 0 spiro atoms. The minimum Gasteiger partial charge on any atom is -0.341 e. The Morgan fingerprint density at radius 1 is 1.04 bits per heavy atom. The molecule has 0 N–H and O–H groups in total. The van der Waals surface area contributed by atoms with E-state index in [1.807, 2.05) is 43.8 Å². The Morgan fingerprint density at radius 2 is 1.72 bits per heavy atom. The highest BCUT2D eigenvalue weighted by atomic mass is 35.5. The minimum absolute atomic E-state index is 0.614. The fraction of sp³-hybridized carbons (Fsp3) is 0.412. The number of fused-ring (bicyclic) bond motifs is 1. The van der Waals surface area contributed by atoms with Crippen LogP contribution in [0.4, 0.5) is 5.95 Å². The van der Waals surface area contributed by atoms with E-state index >= 15 is 0 Å². The molecule has 8 heteroatoms. The molecular formula is C17H20ClN7. The van der Waals surface area contributed by atoms with E-state index in [2.05, 4.69) is 25.1 Å². The lowest BCUT2D eigenvalue weighted by atomic mass is 10.2. The number of anilines is 1.